The molecule has 2 rings (SSSR count). The molecule has 3 unspecified atom stereocenters. The number of fused-ring (bicyclic) bond motifs is 2. The number of amides is 1. The molecule has 2 bridgehead atoms. The molecule has 3 heteroatoms. The van der Waals surface area contributed by atoms with E-state index in [1.165, 1.54) is 32.1 Å². The fourth-order valence-corrected chi connectivity index (χ4v) is 4.02. The third kappa shape index (κ3) is 4.20. The molecule has 0 aromatic carbocycles. The SMILES string of the molecule is CN(CC1CC2CCC1C2)C(=O)CCCCCCN. The molecule has 2 fully saturated rings. The molecule has 0 aromatic heterocycles. The van der Waals surface area contributed by atoms with Gasteiger partial charge in [-0.3, -0.25) is 4.79 Å². The van der Waals surface area contributed by atoms with Crippen LogP contribution in [0.1, 0.15) is 57.8 Å². The summed E-state index contributed by atoms with van der Waals surface area (Å²) in [4.78, 5) is 14.1. The zero-order valence-electron chi connectivity index (χ0n) is 12.4. The van der Waals surface area contributed by atoms with Gasteiger partial charge in [-0.25, -0.2) is 0 Å². The molecule has 0 spiro atoms. The van der Waals surface area contributed by atoms with E-state index in [0.29, 0.717) is 5.91 Å². The van der Waals surface area contributed by atoms with Crippen LogP contribution in [0, 0.1) is 17.8 Å². The Morgan fingerprint density at radius 1 is 1.16 bits per heavy atom. The zero-order chi connectivity index (χ0) is 13.7. The lowest BCUT2D eigenvalue weighted by atomic mass is 9.88. The van der Waals surface area contributed by atoms with E-state index in [9.17, 15) is 4.79 Å². The number of nitrogens with zero attached hydrogens (tertiary/aromatic N) is 1. The molecule has 0 radical (unpaired) electrons. The Morgan fingerprint density at radius 2 is 1.95 bits per heavy atom. The molecule has 2 N–H and O–H groups in total. The molecule has 1 amide bonds. The molecule has 0 saturated heterocycles. The Morgan fingerprint density at radius 3 is 2.58 bits per heavy atom. The van der Waals surface area contributed by atoms with Gasteiger partial charge in [0.25, 0.3) is 0 Å². The Bertz CT molecular complexity index is 292. The van der Waals surface area contributed by atoms with E-state index in [-0.39, 0.29) is 0 Å². The van der Waals surface area contributed by atoms with Crippen molar-refractivity contribution in [1.82, 2.24) is 4.90 Å². The maximum absolute atomic E-state index is 12.1. The Balaban J connectivity index is 1.60. The minimum atomic E-state index is 0.343. The highest BCUT2D eigenvalue weighted by atomic mass is 16.2. The number of unbranched alkanes of at least 4 members (excludes halogenated alkanes) is 3. The molecule has 2 saturated carbocycles. The van der Waals surface area contributed by atoms with E-state index in [1.54, 1.807) is 0 Å². The molecule has 2 aliphatic carbocycles. The standard InChI is InChI=1S/C16H30N2O/c1-18(16(19)6-4-2-3-5-9-17)12-15-11-13-7-8-14(15)10-13/h13-15H,2-12,17H2,1H3. The summed E-state index contributed by atoms with van der Waals surface area (Å²) in [7, 11) is 1.99. The van der Waals surface area contributed by atoms with Gasteiger partial charge in [-0.2, -0.15) is 0 Å². The second-order valence-corrected chi connectivity index (χ2v) is 6.66. The second-order valence-electron chi connectivity index (χ2n) is 6.66. The largest absolute Gasteiger partial charge is 0.345 e. The minimum absolute atomic E-state index is 0.343. The monoisotopic (exact) mass is 266 g/mol. The highest BCUT2D eigenvalue weighted by molar-refractivity contribution is 5.75. The Kier molecular flexibility index (Phi) is 5.68. The van der Waals surface area contributed by atoms with Gasteiger partial charge in [0.05, 0.1) is 0 Å². The average molecular weight is 266 g/mol. The number of carbonyl (C=O) groups is 1. The fraction of sp³-hybridized carbons (Fsp3) is 0.938. The van der Waals surface area contributed by atoms with Crippen LogP contribution in [-0.2, 0) is 4.79 Å². The van der Waals surface area contributed by atoms with Gasteiger partial charge in [-0.05, 0) is 56.4 Å². The molecule has 3 atom stereocenters. The molecular weight excluding hydrogens is 236 g/mol. The van der Waals surface area contributed by atoms with Crippen LogP contribution in [0.5, 0.6) is 0 Å². The van der Waals surface area contributed by atoms with Crippen LogP contribution in [0.3, 0.4) is 0 Å². The van der Waals surface area contributed by atoms with Crippen molar-refractivity contribution in [3.05, 3.63) is 0 Å². The Hall–Kier alpha value is -0.570. The van der Waals surface area contributed by atoms with Crippen molar-refractivity contribution in [3.63, 3.8) is 0 Å². The molecule has 3 nitrogen and oxygen atoms in total. The quantitative estimate of drug-likeness (QED) is 0.687. The van der Waals surface area contributed by atoms with Crippen molar-refractivity contribution < 1.29 is 4.79 Å². The smallest absolute Gasteiger partial charge is 0.222 e. The molecule has 2 aliphatic rings. The van der Waals surface area contributed by atoms with Gasteiger partial charge in [0.15, 0.2) is 0 Å². The van der Waals surface area contributed by atoms with Crippen molar-refractivity contribution in [1.29, 1.82) is 0 Å². The second kappa shape index (κ2) is 7.28. The van der Waals surface area contributed by atoms with Gasteiger partial charge in [0, 0.05) is 20.0 Å². The minimum Gasteiger partial charge on any atom is -0.345 e. The number of rotatable bonds is 8. The van der Waals surface area contributed by atoms with Crippen LogP contribution in [0.25, 0.3) is 0 Å². The fourth-order valence-electron chi connectivity index (χ4n) is 4.02. The molecule has 0 aliphatic heterocycles. The van der Waals surface area contributed by atoms with Gasteiger partial charge >= 0.3 is 0 Å². The highest BCUT2D eigenvalue weighted by Crippen LogP contribution is 2.48. The van der Waals surface area contributed by atoms with Crippen molar-refractivity contribution in [2.45, 2.75) is 57.8 Å². The lowest BCUT2D eigenvalue weighted by molar-refractivity contribution is -0.130. The first-order chi connectivity index (χ1) is 9.20. The summed E-state index contributed by atoms with van der Waals surface area (Å²) in [5.41, 5.74) is 5.46. The predicted octanol–water partition coefficient (Wildman–Crippen LogP) is 2.79. The topological polar surface area (TPSA) is 46.3 Å². The molecule has 0 aromatic rings. The molecule has 19 heavy (non-hydrogen) atoms. The van der Waals surface area contributed by atoms with Crippen molar-refractivity contribution in [2.24, 2.45) is 23.5 Å². The summed E-state index contributed by atoms with van der Waals surface area (Å²) >= 11 is 0. The maximum Gasteiger partial charge on any atom is 0.222 e. The van der Waals surface area contributed by atoms with Crippen LogP contribution < -0.4 is 5.73 Å². The van der Waals surface area contributed by atoms with E-state index < -0.39 is 0 Å². The maximum atomic E-state index is 12.1. The summed E-state index contributed by atoms with van der Waals surface area (Å²) < 4.78 is 0. The predicted molar refractivity (Wildman–Crippen MR) is 78.7 cm³/mol. The van der Waals surface area contributed by atoms with Gasteiger partial charge < -0.3 is 10.6 Å². The average Bonchev–Trinajstić information content (AvgIpc) is 3.00. The zero-order valence-corrected chi connectivity index (χ0v) is 12.4. The van der Waals surface area contributed by atoms with Gasteiger partial charge in [-0.15, -0.1) is 0 Å². The summed E-state index contributed by atoms with van der Waals surface area (Å²) in [5, 5.41) is 0. The first kappa shape index (κ1) is 14.8. The summed E-state index contributed by atoms with van der Waals surface area (Å²) in [5.74, 6) is 3.04. The van der Waals surface area contributed by atoms with Crippen molar-refractivity contribution in [2.75, 3.05) is 20.1 Å². The molecular formula is C16H30N2O. The molecule has 0 heterocycles. The Labute approximate surface area is 117 Å². The van der Waals surface area contributed by atoms with Crippen molar-refractivity contribution in [3.8, 4) is 0 Å². The van der Waals surface area contributed by atoms with Gasteiger partial charge in [-0.1, -0.05) is 19.3 Å². The highest BCUT2D eigenvalue weighted by Gasteiger charge is 2.39. The lowest BCUT2D eigenvalue weighted by Crippen LogP contribution is -2.33. The van der Waals surface area contributed by atoms with Crippen LogP contribution in [0.15, 0.2) is 0 Å². The first-order valence-electron chi connectivity index (χ1n) is 8.14. The number of hydrogen-bond donors (Lipinski definition) is 1. The first-order valence-corrected chi connectivity index (χ1v) is 8.14. The lowest BCUT2D eigenvalue weighted by Gasteiger charge is -2.27. The van der Waals surface area contributed by atoms with E-state index in [4.69, 9.17) is 5.73 Å². The number of carbonyl (C=O) groups excluding carboxylic acids is 1. The van der Waals surface area contributed by atoms with Crippen LogP contribution in [-0.4, -0.2) is 30.9 Å². The van der Waals surface area contributed by atoms with Crippen molar-refractivity contribution >= 4 is 5.91 Å². The normalized spacial score (nSPS) is 28.8. The summed E-state index contributed by atoms with van der Waals surface area (Å²) in [6.45, 7) is 1.78. The summed E-state index contributed by atoms with van der Waals surface area (Å²) in [6.07, 6.45) is 10.8. The van der Waals surface area contributed by atoms with E-state index in [0.717, 1.165) is 56.5 Å². The molecule has 110 valence electrons. The third-order valence-corrected chi connectivity index (χ3v) is 5.16. The number of hydrogen-bond acceptors (Lipinski definition) is 2. The van der Waals surface area contributed by atoms with Crippen LogP contribution >= 0.6 is 0 Å². The van der Waals surface area contributed by atoms with Crippen LogP contribution in [0.2, 0.25) is 0 Å². The van der Waals surface area contributed by atoms with Gasteiger partial charge in [0.1, 0.15) is 0 Å². The third-order valence-electron chi connectivity index (χ3n) is 5.16. The van der Waals surface area contributed by atoms with E-state index in [2.05, 4.69) is 0 Å². The number of nitrogens with two attached hydrogens (primary N) is 1. The van der Waals surface area contributed by atoms with Crippen LogP contribution in [0.4, 0.5) is 0 Å². The summed E-state index contributed by atoms with van der Waals surface area (Å²) in [6, 6.07) is 0. The van der Waals surface area contributed by atoms with Gasteiger partial charge in [0.2, 0.25) is 5.91 Å². The van der Waals surface area contributed by atoms with E-state index in [1.807, 2.05) is 11.9 Å². The van der Waals surface area contributed by atoms with E-state index >= 15 is 0 Å².